The molecule has 0 saturated heterocycles. The molecule has 0 bridgehead atoms. The molecular weight excluding hydrogens is 401 g/mol. The van der Waals surface area contributed by atoms with Gasteiger partial charge in [0.05, 0.1) is 17.0 Å². The monoisotopic (exact) mass is 423 g/mol. The van der Waals surface area contributed by atoms with Gasteiger partial charge in [-0.15, -0.1) is 11.3 Å². The van der Waals surface area contributed by atoms with Crippen LogP contribution in [0.2, 0.25) is 0 Å². The van der Waals surface area contributed by atoms with Crippen molar-refractivity contribution < 1.29 is 4.39 Å². The molecule has 1 N–H and O–H groups in total. The molecule has 6 nitrogen and oxygen atoms in total. The molecule has 154 valence electrons. The maximum atomic E-state index is 13.1. The molecule has 0 amide bonds. The summed E-state index contributed by atoms with van der Waals surface area (Å²) in [6.07, 6.45) is 5.71. The summed E-state index contributed by atoms with van der Waals surface area (Å²) >= 11 is 1.60. The highest BCUT2D eigenvalue weighted by molar-refractivity contribution is 7.15. The minimum atomic E-state index is -0.250. The second-order valence-electron chi connectivity index (χ2n) is 7.72. The Morgan fingerprint density at radius 1 is 1.17 bits per heavy atom. The molecule has 2 aliphatic rings. The molecule has 5 rings (SSSR count). The number of benzene rings is 1. The molecule has 30 heavy (non-hydrogen) atoms. The Morgan fingerprint density at radius 2 is 2.03 bits per heavy atom. The summed E-state index contributed by atoms with van der Waals surface area (Å²) in [4.78, 5) is 32.8. The fourth-order valence-electron chi connectivity index (χ4n) is 3.97. The number of rotatable bonds is 4. The summed E-state index contributed by atoms with van der Waals surface area (Å²) in [7, 11) is 0. The topological polar surface area (TPSA) is 74.2 Å². The number of aliphatic imine (C=N–C) groups is 1. The summed E-state index contributed by atoms with van der Waals surface area (Å²) in [5.41, 5.74) is 3.44. The smallest absolute Gasteiger partial charge is 0.255 e. The van der Waals surface area contributed by atoms with Crippen LogP contribution in [0.15, 0.2) is 40.2 Å². The molecule has 0 aliphatic carbocycles. The van der Waals surface area contributed by atoms with E-state index >= 15 is 0 Å². The normalized spacial score (nSPS) is 16.9. The molecule has 0 saturated carbocycles. The van der Waals surface area contributed by atoms with Crippen molar-refractivity contribution in [2.24, 2.45) is 4.99 Å². The van der Waals surface area contributed by atoms with E-state index in [0.717, 1.165) is 77.7 Å². The molecule has 8 heteroatoms. The third-order valence-electron chi connectivity index (χ3n) is 5.57. The Morgan fingerprint density at radius 3 is 2.83 bits per heavy atom. The van der Waals surface area contributed by atoms with E-state index in [1.165, 1.54) is 12.1 Å². The van der Waals surface area contributed by atoms with E-state index in [0.29, 0.717) is 12.4 Å². The Bertz CT molecular complexity index is 1150. The summed E-state index contributed by atoms with van der Waals surface area (Å²) < 4.78 is 13.1. The summed E-state index contributed by atoms with van der Waals surface area (Å²) in [5.74, 6) is 0.401. The lowest BCUT2D eigenvalue weighted by molar-refractivity contribution is 0.243. The van der Waals surface area contributed by atoms with Crippen LogP contribution in [-0.4, -0.2) is 38.7 Å². The highest BCUT2D eigenvalue weighted by atomic mass is 32.1. The molecule has 1 aromatic carbocycles. The first-order valence-corrected chi connectivity index (χ1v) is 11.1. The minimum Gasteiger partial charge on any atom is -0.305 e. The Kier molecular flexibility index (Phi) is 5.26. The van der Waals surface area contributed by atoms with Gasteiger partial charge in [-0.2, -0.15) is 0 Å². The van der Waals surface area contributed by atoms with Crippen molar-refractivity contribution in [1.29, 1.82) is 0 Å². The fourth-order valence-corrected chi connectivity index (χ4v) is 4.93. The van der Waals surface area contributed by atoms with E-state index < -0.39 is 0 Å². The second kappa shape index (κ2) is 8.20. The van der Waals surface area contributed by atoms with Crippen LogP contribution in [0.1, 0.15) is 41.2 Å². The van der Waals surface area contributed by atoms with Gasteiger partial charge in [-0.25, -0.2) is 14.4 Å². The Labute approximate surface area is 177 Å². The van der Waals surface area contributed by atoms with E-state index in [1.54, 1.807) is 23.5 Å². The van der Waals surface area contributed by atoms with Crippen LogP contribution in [0.25, 0.3) is 10.6 Å². The molecule has 0 fully saturated rings. The van der Waals surface area contributed by atoms with Crippen molar-refractivity contribution in [2.75, 3.05) is 13.1 Å². The number of nitrogens with zero attached hydrogens (tertiary/aromatic N) is 4. The Hall–Kier alpha value is -2.71. The lowest BCUT2D eigenvalue weighted by Crippen LogP contribution is -2.36. The van der Waals surface area contributed by atoms with Gasteiger partial charge in [0.1, 0.15) is 10.8 Å². The summed E-state index contributed by atoms with van der Waals surface area (Å²) in [6.45, 7) is 2.97. The number of hydrogen-bond acceptors (Lipinski definition) is 6. The first-order chi connectivity index (χ1) is 14.7. The highest BCUT2D eigenvalue weighted by Crippen LogP contribution is 2.27. The van der Waals surface area contributed by atoms with Gasteiger partial charge in [0, 0.05) is 49.2 Å². The van der Waals surface area contributed by atoms with Crippen molar-refractivity contribution >= 4 is 17.0 Å². The van der Waals surface area contributed by atoms with Gasteiger partial charge in [0.15, 0.2) is 5.82 Å². The van der Waals surface area contributed by atoms with Gasteiger partial charge in [0.25, 0.3) is 5.56 Å². The molecule has 2 aliphatic heterocycles. The van der Waals surface area contributed by atoms with Crippen molar-refractivity contribution in [1.82, 2.24) is 19.9 Å². The number of thiazole rings is 1. The van der Waals surface area contributed by atoms with E-state index in [4.69, 9.17) is 4.98 Å². The molecule has 2 aromatic heterocycles. The second-order valence-corrected chi connectivity index (χ2v) is 8.84. The molecule has 0 radical (unpaired) electrons. The quantitative estimate of drug-likeness (QED) is 0.696. The van der Waals surface area contributed by atoms with Gasteiger partial charge in [0.2, 0.25) is 0 Å². The van der Waals surface area contributed by atoms with Crippen LogP contribution in [0.5, 0.6) is 0 Å². The van der Waals surface area contributed by atoms with Crippen LogP contribution in [0, 0.1) is 5.82 Å². The maximum Gasteiger partial charge on any atom is 0.255 e. The molecule has 3 aromatic rings. The number of halogens is 1. The average molecular weight is 424 g/mol. The van der Waals surface area contributed by atoms with Crippen LogP contribution in [0.4, 0.5) is 4.39 Å². The molecular formula is C22H22FN5OS. The van der Waals surface area contributed by atoms with Crippen molar-refractivity contribution in [3.8, 4) is 10.6 Å². The van der Waals surface area contributed by atoms with Crippen molar-refractivity contribution in [2.45, 2.75) is 38.8 Å². The van der Waals surface area contributed by atoms with Gasteiger partial charge in [-0.1, -0.05) is 0 Å². The summed E-state index contributed by atoms with van der Waals surface area (Å²) in [6, 6.07) is 6.39. The number of aromatic amines is 1. The van der Waals surface area contributed by atoms with E-state index in [9.17, 15) is 9.18 Å². The first-order valence-electron chi connectivity index (χ1n) is 10.2. The lowest BCUT2D eigenvalue weighted by Gasteiger charge is -2.27. The number of fused-ring (bicyclic) bond motifs is 1. The molecule has 4 heterocycles. The maximum absolute atomic E-state index is 13.1. The minimum absolute atomic E-state index is 0.0516. The third-order valence-corrected chi connectivity index (χ3v) is 6.60. The Balaban J connectivity index is 1.31. The van der Waals surface area contributed by atoms with Gasteiger partial charge < -0.3 is 4.98 Å². The number of hydrogen-bond donors (Lipinski definition) is 1. The van der Waals surface area contributed by atoms with Gasteiger partial charge in [-0.3, -0.25) is 14.7 Å². The van der Waals surface area contributed by atoms with Gasteiger partial charge >= 0.3 is 0 Å². The van der Waals surface area contributed by atoms with Crippen LogP contribution in [-0.2, 0) is 19.5 Å². The zero-order valence-electron chi connectivity index (χ0n) is 16.5. The van der Waals surface area contributed by atoms with Crippen LogP contribution < -0.4 is 5.56 Å². The third kappa shape index (κ3) is 3.97. The number of aromatic nitrogens is 3. The zero-order valence-corrected chi connectivity index (χ0v) is 17.3. The molecule has 0 atom stereocenters. The fraction of sp³-hybridized carbons (Fsp3) is 0.364. The SMILES string of the molecule is O=c1[nH]c(C2=NCCCC2)nc2c1CN(Cc1cnc(-c3ccc(F)cc3)s1)CC2. The number of H-pyrrole nitrogens is 1. The van der Waals surface area contributed by atoms with Crippen LogP contribution in [0.3, 0.4) is 0 Å². The zero-order chi connectivity index (χ0) is 20.5. The van der Waals surface area contributed by atoms with E-state index in [-0.39, 0.29) is 11.4 Å². The predicted octanol–water partition coefficient (Wildman–Crippen LogP) is 3.56. The molecule has 0 unspecified atom stereocenters. The lowest BCUT2D eigenvalue weighted by atomic mass is 10.1. The first kappa shape index (κ1) is 19.3. The largest absolute Gasteiger partial charge is 0.305 e. The van der Waals surface area contributed by atoms with Gasteiger partial charge in [-0.05, 0) is 43.5 Å². The van der Waals surface area contributed by atoms with Crippen molar-refractivity contribution in [3.63, 3.8) is 0 Å². The highest BCUT2D eigenvalue weighted by Gasteiger charge is 2.23. The van der Waals surface area contributed by atoms with Crippen molar-refractivity contribution in [3.05, 3.63) is 68.6 Å². The molecule has 0 spiro atoms. The van der Waals surface area contributed by atoms with E-state index in [1.807, 2.05) is 6.20 Å². The van der Waals surface area contributed by atoms with Crippen LogP contribution >= 0.6 is 11.3 Å². The average Bonchev–Trinajstić information content (AvgIpc) is 3.23. The van der Waals surface area contributed by atoms with E-state index in [2.05, 4.69) is 19.9 Å². The standard InChI is InChI=1S/C22H22FN5OS/c23-15-6-4-14(5-7-15)22-25-11-16(30-22)12-28-10-8-18-17(13-28)21(29)27-20(26-18)19-3-1-2-9-24-19/h4-7,11H,1-3,8-10,12-13H2,(H,26,27,29). The number of nitrogens with one attached hydrogen (secondary N) is 1. The summed E-state index contributed by atoms with van der Waals surface area (Å²) in [5, 5.41) is 0.875. The predicted molar refractivity (Wildman–Crippen MR) is 115 cm³/mol.